The van der Waals surface area contributed by atoms with E-state index in [0.717, 1.165) is 5.92 Å². The lowest BCUT2D eigenvalue weighted by molar-refractivity contribution is 0.347. The van der Waals surface area contributed by atoms with Crippen LogP contribution in [-0.4, -0.2) is 6.04 Å². The van der Waals surface area contributed by atoms with Gasteiger partial charge in [-0.2, -0.15) is 0 Å². The van der Waals surface area contributed by atoms with Crippen LogP contribution in [0.15, 0.2) is 30.3 Å². The fraction of sp³-hybridized carbons (Fsp3) is 0.500. The van der Waals surface area contributed by atoms with E-state index in [1.807, 2.05) is 0 Å². The molecule has 2 nitrogen and oxygen atoms in total. The van der Waals surface area contributed by atoms with Crippen LogP contribution in [0.25, 0.3) is 0 Å². The maximum absolute atomic E-state index is 5.44. The van der Waals surface area contributed by atoms with Gasteiger partial charge in [0.15, 0.2) is 0 Å². The Labute approximate surface area is 97.6 Å². The van der Waals surface area contributed by atoms with E-state index in [1.54, 1.807) is 0 Å². The molecule has 2 rings (SSSR count). The molecule has 3 heteroatoms. The number of benzene rings is 1. The molecule has 1 aromatic carbocycles. The molecule has 0 aliphatic heterocycles. The highest BCUT2D eigenvalue weighted by Crippen LogP contribution is 2.32. The quantitative estimate of drug-likeness (QED) is 0.601. The lowest BCUT2D eigenvalue weighted by Gasteiger charge is -2.28. The van der Waals surface area contributed by atoms with E-state index in [2.05, 4.69) is 35.8 Å². The SMILES string of the molecule is Cl.NNC1CCC(c2ccccc2)CC1. The van der Waals surface area contributed by atoms with Crippen LogP contribution in [0, 0.1) is 0 Å². The minimum atomic E-state index is 0. The summed E-state index contributed by atoms with van der Waals surface area (Å²) in [6, 6.07) is 11.3. The summed E-state index contributed by atoms with van der Waals surface area (Å²) in [7, 11) is 0. The Kier molecular flexibility index (Phi) is 5.09. The molecule has 0 atom stereocenters. The molecular formula is C12H19ClN2. The number of nitrogens with two attached hydrogens (primary N) is 1. The smallest absolute Gasteiger partial charge is 0.0211 e. The average Bonchev–Trinajstić information content (AvgIpc) is 2.30. The molecule has 0 radical (unpaired) electrons. The van der Waals surface area contributed by atoms with E-state index in [4.69, 9.17) is 5.84 Å². The highest BCUT2D eigenvalue weighted by molar-refractivity contribution is 5.85. The van der Waals surface area contributed by atoms with Gasteiger partial charge in [-0.1, -0.05) is 30.3 Å². The lowest BCUT2D eigenvalue weighted by Crippen LogP contribution is -2.37. The zero-order valence-corrected chi connectivity index (χ0v) is 9.67. The number of rotatable bonds is 2. The molecule has 1 aromatic rings. The molecule has 1 saturated carbocycles. The first kappa shape index (κ1) is 12.5. The van der Waals surface area contributed by atoms with Gasteiger partial charge in [-0.3, -0.25) is 11.3 Å². The highest BCUT2D eigenvalue weighted by Gasteiger charge is 2.20. The third-order valence-electron chi connectivity index (χ3n) is 3.23. The molecule has 0 heterocycles. The van der Waals surface area contributed by atoms with Gasteiger partial charge in [0, 0.05) is 6.04 Å². The van der Waals surface area contributed by atoms with Crippen molar-refractivity contribution in [3.63, 3.8) is 0 Å². The summed E-state index contributed by atoms with van der Waals surface area (Å²) < 4.78 is 0. The third-order valence-corrected chi connectivity index (χ3v) is 3.23. The third kappa shape index (κ3) is 3.20. The second-order valence-corrected chi connectivity index (χ2v) is 4.13. The Morgan fingerprint density at radius 3 is 2.13 bits per heavy atom. The molecule has 0 bridgehead atoms. The van der Waals surface area contributed by atoms with Crippen LogP contribution >= 0.6 is 12.4 Å². The van der Waals surface area contributed by atoms with Crippen molar-refractivity contribution in [3.05, 3.63) is 35.9 Å². The molecule has 0 unspecified atom stereocenters. The van der Waals surface area contributed by atoms with Gasteiger partial charge < -0.3 is 0 Å². The van der Waals surface area contributed by atoms with Crippen LogP contribution in [0.3, 0.4) is 0 Å². The largest absolute Gasteiger partial charge is 0.271 e. The first-order chi connectivity index (χ1) is 6.90. The lowest BCUT2D eigenvalue weighted by atomic mass is 9.82. The number of nitrogens with one attached hydrogen (secondary N) is 1. The summed E-state index contributed by atoms with van der Waals surface area (Å²) in [5, 5.41) is 0. The zero-order valence-electron chi connectivity index (χ0n) is 8.86. The molecular weight excluding hydrogens is 208 g/mol. The standard InChI is InChI=1S/C12H18N2.ClH/c13-14-12-8-6-11(7-9-12)10-4-2-1-3-5-10;/h1-5,11-12,14H,6-9,13H2;1H. The molecule has 0 aromatic heterocycles. The molecule has 0 saturated heterocycles. The van der Waals surface area contributed by atoms with Crippen molar-refractivity contribution in [2.75, 3.05) is 0 Å². The number of hydrogen-bond acceptors (Lipinski definition) is 2. The second kappa shape index (κ2) is 6.11. The van der Waals surface area contributed by atoms with Crippen molar-refractivity contribution in [1.82, 2.24) is 5.43 Å². The Morgan fingerprint density at radius 2 is 1.60 bits per heavy atom. The Morgan fingerprint density at radius 1 is 1.00 bits per heavy atom. The van der Waals surface area contributed by atoms with E-state index in [0.29, 0.717) is 6.04 Å². The van der Waals surface area contributed by atoms with Crippen LogP contribution in [0.1, 0.15) is 37.2 Å². The second-order valence-electron chi connectivity index (χ2n) is 4.13. The molecule has 3 N–H and O–H groups in total. The van der Waals surface area contributed by atoms with E-state index in [9.17, 15) is 0 Å². The fourth-order valence-electron chi connectivity index (χ4n) is 2.32. The van der Waals surface area contributed by atoms with Crippen LogP contribution in [0.4, 0.5) is 0 Å². The van der Waals surface area contributed by atoms with E-state index >= 15 is 0 Å². The van der Waals surface area contributed by atoms with Crippen LogP contribution in [0.5, 0.6) is 0 Å². The van der Waals surface area contributed by atoms with Gasteiger partial charge in [0.1, 0.15) is 0 Å². The average molecular weight is 227 g/mol. The molecule has 15 heavy (non-hydrogen) atoms. The van der Waals surface area contributed by atoms with Crippen molar-refractivity contribution in [2.45, 2.75) is 37.6 Å². The Balaban J connectivity index is 0.00000112. The minimum Gasteiger partial charge on any atom is -0.271 e. The maximum atomic E-state index is 5.44. The normalized spacial score (nSPS) is 25.7. The van der Waals surface area contributed by atoms with Crippen LogP contribution < -0.4 is 11.3 Å². The summed E-state index contributed by atoms with van der Waals surface area (Å²) in [6.07, 6.45) is 4.93. The zero-order chi connectivity index (χ0) is 9.80. The number of hydrazine groups is 1. The van der Waals surface area contributed by atoms with Gasteiger partial charge in [0.2, 0.25) is 0 Å². The van der Waals surface area contributed by atoms with Crippen molar-refractivity contribution < 1.29 is 0 Å². The van der Waals surface area contributed by atoms with Crippen LogP contribution in [0.2, 0.25) is 0 Å². The fourth-order valence-corrected chi connectivity index (χ4v) is 2.32. The summed E-state index contributed by atoms with van der Waals surface area (Å²) in [6.45, 7) is 0. The maximum Gasteiger partial charge on any atom is 0.0211 e. The molecule has 84 valence electrons. The van der Waals surface area contributed by atoms with Gasteiger partial charge in [0.05, 0.1) is 0 Å². The summed E-state index contributed by atoms with van der Waals surface area (Å²) >= 11 is 0. The van der Waals surface area contributed by atoms with Gasteiger partial charge in [-0.15, -0.1) is 12.4 Å². The van der Waals surface area contributed by atoms with Gasteiger partial charge >= 0.3 is 0 Å². The number of halogens is 1. The van der Waals surface area contributed by atoms with Crippen molar-refractivity contribution in [2.24, 2.45) is 5.84 Å². The Hall–Kier alpha value is -0.570. The van der Waals surface area contributed by atoms with E-state index < -0.39 is 0 Å². The van der Waals surface area contributed by atoms with Gasteiger partial charge in [-0.05, 0) is 37.2 Å². The predicted octanol–water partition coefficient (Wildman–Crippen LogP) is 2.60. The first-order valence-corrected chi connectivity index (χ1v) is 5.41. The first-order valence-electron chi connectivity index (χ1n) is 5.41. The topological polar surface area (TPSA) is 38.0 Å². The summed E-state index contributed by atoms with van der Waals surface area (Å²) in [5.74, 6) is 6.19. The van der Waals surface area contributed by atoms with E-state index in [1.165, 1.54) is 31.2 Å². The molecule has 1 aliphatic carbocycles. The van der Waals surface area contributed by atoms with Crippen molar-refractivity contribution in [1.29, 1.82) is 0 Å². The molecule has 0 spiro atoms. The van der Waals surface area contributed by atoms with Crippen LogP contribution in [-0.2, 0) is 0 Å². The van der Waals surface area contributed by atoms with Crippen molar-refractivity contribution in [3.8, 4) is 0 Å². The minimum absolute atomic E-state index is 0. The molecule has 1 aliphatic rings. The predicted molar refractivity (Wildman–Crippen MR) is 66.0 cm³/mol. The van der Waals surface area contributed by atoms with Crippen molar-refractivity contribution >= 4 is 12.4 Å². The van der Waals surface area contributed by atoms with Gasteiger partial charge in [0.25, 0.3) is 0 Å². The number of hydrogen-bond donors (Lipinski definition) is 2. The van der Waals surface area contributed by atoms with E-state index in [-0.39, 0.29) is 12.4 Å². The highest BCUT2D eigenvalue weighted by atomic mass is 35.5. The molecule has 0 amide bonds. The van der Waals surface area contributed by atoms with Gasteiger partial charge in [-0.25, -0.2) is 0 Å². The molecule has 1 fully saturated rings. The summed E-state index contributed by atoms with van der Waals surface area (Å²) in [5.41, 5.74) is 4.36. The summed E-state index contributed by atoms with van der Waals surface area (Å²) in [4.78, 5) is 0. The Bertz CT molecular complexity index is 268. The monoisotopic (exact) mass is 226 g/mol.